The Morgan fingerprint density at radius 3 is 2.70 bits per heavy atom. The molecule has 2 heteroatoms. The van der Waals surface area contributed by atoms with E-state index in [9.17, 15) is 8.78 Å². The average molecular weight is 144 g/mol. The average Bonchev–Trinajstić information content (AvgIpc) is 1.85. The van der Waals surface area contributed by atoms with Crippen LogP contribution in [0.3, 0.4) is 0 Å². The molecule has 1 atom stereocenters. The van der Waals surface area contributed by atoms with E-state index in [-0.39, 0.29) is 0 Å². The summed E-state index contributed by atoms with van der Waals surface area (Å²) in [6.07, 6.45) is 0.646. The Hall–Kier alpha value is -0.840. The minimum absolute atomic E-state index is 0.549. The molecule has 0 aliphatic heterocycles. The maximum absolute atomic E-state index is 12.3. The fraction of sp³-hybridized carbons (Fsp3) is 0.500. The number of hydrogen-bond donors (Lipinski definition) is 0. The number of rotatable bonds is 1. The van der Waals surface area contributed by atoms with Gasteiger partial charge in [-0.15, -0.1) is 0 Å². The second-order valence-electron chi connectivity index (χ2n) is 1.85. The van der Waals surface area contributed by atoms with Gasteiger partial charge in [0, 0.05) is 0 Å². The van der Waals surface area contributed by atoms with Crippen molar-refractivity contribution in [1.82, 2.24) is 0 Å². The summed E-state index contributed by atoms with van der Waals surface area (Å²) >= 11 is 0. The van der Waals surface area contributed by atoms with Gasteiger partial charge in [0.15, 0.2) is 12.0 Å². The molecular formula is C8H10F2. The largest absolute Gasteiger partial charge is 0.234 e. The predicted molar refractivity (Wildman–Crippen MR) is 37.8 cm³/mol. The Morgan fingerprint density at radius 1 is 1.70 bits per heavy atom. The molecule has 0 spiro atoms. The van der Waals surface area contributed by atoms with Crippen LogP contribution in [-0.2, 0) is 0 Å². The molecule has 0 saturated heterocycles. The smallest absolute Gasteiger partial charge is 0.169 e. The third-order valence-electron chi connectivity index (χ3n) is 0.774. The summed E-state index contributed by atoms with van der Waals surface area (Å²) in [6.45, 7) is 3.06. The highest BCUT2D eigenvalue weighted by atomic mass is 19.1. The molecule has 0 heterocycles. The molecular weight excluding hydrogens is 134 g/mol. The van der Waals surface area contributed by atoms with Crippen molar-refractivity contribution in [1.29, 1.82) is 0 Å². The van der Waals surface area contributed by atoms with E-state index < -0.39 is 12.0 Å². The first-order valence-electron chi connectivity index (χ1n) is 3.18. The number of hydrogen-bond acceptors (Lipinski definition) is 0. The lowest BCUT2D eigenvalue weighted by Gasteiger charge is -1.83. The van der Waals surface area contributed by atoms with Gasteiger partial charge >= 0.3 is 0 Å². The summed E-state index contributed by atoms with van der Waals surface area (Å²) in [4.78, 5) is 0. The van der Waals surface area contributed by atoms with E-state index in [0.29, 0.717) is 6.42 Å². The van der Waals surface area contributed by atoms with Gasteiger partial charge in [-0.3, -0.25) is 0 Å². The lowest BCUT2D eigenvalue weighted by Crippen LogP contribution is -1.83. The summed E-state index contributed by atoms with van der Waals surface area (Å²) in [5.41, 5.74) is 0. The zero-order chi connectivity index (χ0) is 7.98. The second kappa shape index (κ2) is 4.99. The highest BCUT2D eigenvalue weighted by Gasteiger charge is 1.88. The van der Waals surface area contributed by atoms with Crippen LogP contribution < -0.4 is 0 Å². The maximum atomic E-state index is 12.3. The fourth-order valence-electron chi connectivity index (χ4n) is 0.399. The molecule has 0 amide bonds. The molecule has 0 fully saturated rings. The molecule has 10 heavy (non-hydrogen) atoms. The molecule has 0 radical (unpaired) electrons. The Morgan fingerprint density at radius 2 is 2.30 bits per heavy atom. The molecule has 0 aromatic carbocycles. The summed E-state index contributed by atoms with van der Waals surface area (Å²) in [6, 6.07) is 0. The lowest BCUT2D eigenvalue weighted by molar-refractivity contribution is 0.443. The van der Waals surface area contributed by atoms with Crippen molar-refractivity contribution < 1.29 is 8.78 Å². The van der Waals surface area contributed by atoms with Crippen molar-refractivity contribution in [2.75, 3.05) is 0 Å². The van der Waals surface area contributed by atoms with E-state index in [4.69, 9.17) is 0 Å². The van der Waals surface area contributed by atoms with Crippen LogP contribution in [0.4, 0.5) is 8.78 Å². The normalized spacial score (nSPS) is 13.8. The predicted octanol–water partition coefficient (Wildman–Crippen LogP) is 2.61. The Bertz CT molecular complexity index is 169. The molecule has 0 nitrogen and oxygen atoms in total. The molecule has 0 aromatic heterocycles. The molecule has 56 valence electrons. The van der Waals surface area contributed by atoms with Crippen LogP contribution in [0.15, 0.2) is 11.9 Å². The van der Waals surface area contributed by atoms with E-state index in [1.807, 2.05) is 0 Å². The van der Waals surface area contributed by atoms with Crippen LogP contribution in [0.2, 0.25) is 0 Å². The van der Waals surface area contributed by atoms with Gasteiger partial charge in [0.25, 0.3) is 0 Å². The summed E-state index contributed by atoms with van der Waals surface area (Å²) in [5.74, 6) is 3.57. The van der Waals surface area contributed by atoms with Gasteiger partial charge in [-0.1, -0.05) is 12.8 Å². The van der Waals surface area contributed by atoms with Crippen LogP contribution in [0.25, 0.3) is 0 Å². The van der Waals surface area contributed by atoms with Crippen molar-refractivity contribution in [3.8, 4) is 11.8 Å². The monoisotopic (exact) mass is 144 g/mol. The topological polar surface area (TPSA) is 0 Å². The zero-order valence-electron chi connectivity index (χ0n) is 6.12. The third kappa shape index (κ3) is 5.30. The zero-order valence-corrected chi connectivity index (χ0v) is 6.12. The van der Waals surface area contributed by atoms with Crippen LogP contribution in [0, 0.1) is 11.8 Å². The minimum Gasteiger partial charge on any atom is -0.234 e. The number of alkyl halides is 1. The fourth-order valence-corrected chi connectivity index (χ4v) is 0.399. The summed E-state index contributed by atoms with van der Waals surface area (Å²) < 4.78 is 24.2. The molecule has 0 saturated carbocycles. The molecule has 0 bridgehead atoms. The summed E-state index contributed by atoms with van der Waals surface area (Å²) in [7, 11) is 0. The van der Waals surface area contributed by atoms with Crippen LogP contribution in [-0.4, -0.2) is 6.17 Å². The van der Waals surface area contributed by atoms with E-state index in [1.165, 1.54) is 13.0 Å². The Balaban J connectivity index is 3.91. The van der Waals surface area contributed by atoms with E-state index in [0.717, 1.165) is 0 Å². The molecule has 0 N–H and O–H groups in total. The first-order chi connectivity index (χ1) is 4.66. The maximum Gasteiger partial charge on any atom is 0.169 e. The first kappa shape index (κ1) is 9.16. The molecule has 0 aliphatic carbocycles. The highest BCUT2D eigenvalue weighted by molar-refractivity contribution is 5.23. The highest BCUT2D eigenvalue weighted by Crippen LogP contribution is 1.95. The van der Waals surface area contributed by atoms with Gasteiger partial charge in [-0.2, -0.15) is 4.39 Å². The molecule has 0 aliphatic rings. The number of halogens is 2. The van der Waals surface area contributed by atoms with Crippen LogP contribution in [0.5, 0.6) is 0 Å². The van der Waals surface area contributed by atoms with Gasteiger partial charge in [0.1, 0.15) is 0 Å². The summed E-state index contributed by atoms with van der Waals surface area (Å²) in [5, 5.41) is 0. The van der Waals surface area contributed by atoms with Gasteiger partial charge in [-0.25, -0.2) is 4.39 Å². The Kier molecular flexibility index (Phi) is 4.57. The number of allylic oxidation sites excluding steroid dienone is 2. The Labute approximate surface area is 59.9 Å². The van der Waals surface area contributed by atoms with Crippen molar-refractivity contribution >= 4 is 0 Å². The third-order valence-corrected chi connectivity index (χ3v) is 0.774. The molecule has 0 aromatic rings. The quantitative estimate of drug-likeness (QED) is 0.496. The van der Waals surface area contributed by atoms with Crippen molar-refractivity contribution in [2.45, 2.75) is 26.4 Å². The van der Waals surface area contributed by atoms with Gasteiger partial charge in [0.2, 0.25) is 0 Å². The van der Waals surface area contributed by atoms with Crippen molar-refractivity contribution in [3.05, 3.63) is 11.9 Å². The molecule has 1 unspecified atom stereocenters. The standard InChI is InChI=1S/C8H10F2/c1-3-4-8(10)6-5-7(2)9/h4,7H,3H2,1-2H3/b8-4+. The lowest BCUT2D eigenvalue weighted by atomic mass is 10.3. The van der Waals surface area contributed by atoms with E-state index in [2.05, 4.69) is 11.8 Å². The van der Waals surface area contributed by atoms with Gasteiger partial charge in [0.05, 0.1) is 0 Å². The van der Waals surface area contributed by atoms with E-state index >= 15 is 0 Å². The van der Waals surface area contributed by atoms with Gasteiger partial charge in [-0.05, 0) is 25.3 Å². The second-order valence-corrected chi connectivity index (χ2v) is 1.85. The van der Waals surface area contributed by atoms with Crippen molar-refractivity contribution in [3.63, 3.8) is 0 Å². The molecule has 0 rings (SSSR count). The van der Waals surface area contributed by atoms with Gasteiger partial charge < -0.3 is 0 Å². The van der Waals surface area contributed by atoms with Crippen molar-refractivity contribution in [2.24, 2.45) is 0 Å². The van der Waals surface area contributed by atoms with Crippen LogP contribution >= 0.6 is 0 Å². The minimum atomic E-state index is -1.25. The van der Waals surface area contributed by atoms with Crippen LogP contribution in [0.1, 0.15) is 20.3 Å². The SMILES string of the molecule is CC/C=C(/F)C#CC(C)F. The van der Waals surface area contributed by atoms with E-state index in [1.54, 1.807) is 6.92 Å². The first-order valence-corrected chi connectivity index (χ1v) is 3.18.